The second-order valence-corrected chi connectivity index (χ2v) is 6.14. The number of nitrogens with one attached hydrogen (secondary N) is 2. The Labute approximate surface area is 130 Å². The van der Waals surface area contributed by atoms with Gasteiger partial charge >= 0.3 is 0 Å². The van der Waals surface area contributed by atoms with Crippen molar-refractivity contribution in [3.8, 4) is 0 Å². The van der Waals surface area contributed by atoms with Crippen molar-refractivity contribution < 1.29 is 9.15 Å². The van der Waals surface area contributed by atoms with Crippen LogP contribution in [0.25, 0.3) is 0 Å². The minimum Gasteiger partial charge on any atom is -0.464 e. The van der Waals surface area contributed by atoms with E-state index in [9.17, 15) is 0 Å². The lowest BCUT2D eigenvalue weighted by Crippen LogP contribution is -2.27. The molecule has 3 heterocycles. The first-order valence-corrected chi connectivity index (χ1v) is 7.85. The zero-order chi connectivity index (χ0) is 15.7. The highest BCUT2D eigenvalue weighted by atomic mass is 16.5. The van der Waals surface area contributed by atoms with Crippen LogP contribution in [0.4, 0.5) is 0 Å². The van der Waals surface area contributed by atoms with Crippen LogP contribution in [-0.2, 0) is 4.74 Å². The maximum atomic E-state index is 5.82. The molecular weight excluding hydrogens is 280 g/mol. The summed E-state index contributed by atoms with van der Waals surface area (Å²) in [6, 6.07) is 2.29. The summed E-state index contributed by atoms with van der Waals surface area (Å²) >= 11 is 0. The summed E-state index contributed by atoms with van der Waals surface area (Å²) in [6.45, 7) is 9.72. The predicted octanol–water partition coefficient (Wildman–Crippen LogP) is 2.75. The molecule has 6 nitrogen and oxygen atoms in total. The van der Waals surface area contributed by atoms with Crippen LogP contribution in [0, 0.1) is 26.7 Å². The number of aryl methyl sites for hydroxylation is 3. The molecule has 0 amide bonds. The van der Waals surface area contributed by atoms with Gasteiger partial charge in [-0.15, -0.1) is 0 Å². The van der Waals surface area contributed by atoms with Gasteiger partial charge in [-0.2, -0.15) is 5.10 Å². The average molecular weight is 304 g/mol. The van der Waals surface area contributed by atoms with E-state index in [1.54, 1.807) is 0 Å². The number of furan rings is 1. The third-order valence-electron chi connectivity index (χ3n) is 4.38. The van der Waals surface area contributed by atoms with E-state index in [0.29, 0.717) is 5.92 Å². The highest BCUT2D eigenvalue weighted by Crippen LogP contribution is 2.32. The summed E-state index contributed by atoms with van der Waals surface area (Å²) in [5, 5.41) is 10.7. The fourth-order valence-corrected chi connectivity index (χ4v) is 2.86. The van der Waals surface area contributed by atoms with E-state index in [2.05, 4.69) is 40.4 Å². The Kier molecular flexibility index (Phi) is 4.31. The molecule has 1 unspecified atom stereocenters. The summed E-state index contributed by atoms with van der Waals surface area (Å²) in [7, 11) is 0. The molecule has 2 N–H and O–H groups in total. The van der Waals surface area contributed by atoms with Crippen LogP contribution >= 0.6 is 0 Å². The number of aromatic amines is 1. The molecule has 2 aromatic rings. The lowest BCUT2D eigenvalue weighted by Gasteiger charge is -2.19. The minimum absolute atomic E-state index is 0.0234. The first kappa shape index (κ1) is 15.2. The molecule has 1 fully saturated rings. The second kappa shape index (κ2) is 6.22. The van der Waals surface area contributed by atoms with E-state index in [1.165, 1.54) is 5.56 Å². The van der Waals surface area contributed by atoms with Crippen molar-refractivity contribution in [2.45, 2.75) is 46.3 Å². The molecule has 1 aliphatic heterocycles. The summed E-state index contributed by atoms with van der Waals surface area (Å²) in [4.78, 5) is 4.41. The van der Waals surface area contributed by atoms with E-state index in [4.69, 9.17) is 9.15 Å². The van der Waals surface area contributed by atoms with Crippen molar-refractivity contribution in [1.29, 1.82) is 0 Å². The zero-order valence-electron chi connectivity index (χ0n) is 13.6. The third-order valence-corrected chi connectivity index (χ3v) is 4.38. The van der Waals surface area contributed by atoms with Gasteiger partial charge in [-0.25, -0.2) is 4.98 Å². The van der Waals surface area contributed by atoms with E-state index in [1.807, 2.05) is 13.8 Å². The molecule has 0 bridgehead atoms. The van der Waals surface area contributed by atoms with Crippen LogP contribution in [0.3, 0.4) is 0 Å². The van der Waals surface area contributed by atoms with E-state index in [0.717, 1.165) is 42.7 Å². The summed E-state index contributed by atoms with van der Waals surface area (Å²) < 4.78 is 11.6. The molecule has 2 aromatic heterocycles. The molecule has 1 saturated heterocycles. The monoisotopic (exact) mass is 304 g/mol. The zero-order valence-corrected chi connectivity index (χ0v) is 13.6. The van der Waals surface area contributed by atoms with Gasteiger partial charge in [-0.1, -0.05) is 0 Å². The standard InChI is InChI=1S/C16H24N4O2/c1-9-7-14(22-11(9)3)10(2)17-8-13-5-6-21-15(13)16-18-12(4)19-20-16/h7,10,13,15,17H,5-6,8H2,1-4H3,(H,18,19,20)/t10?,13-,15-/m0/s1. The van der Waals surface area contributed by atoms with Gasteiger partial charge in [0.2, 0.25) is 0 Å². The number of nitrogens with zero attached hydrogens (tertiary/aromatic N) is 2. The molecule has 0 aliphatic carbocycles. The second-order valence-electron chi connectivity index (χ2n) is 6.14. The van der Waals surface area contributed by atoms with Crippen LogP contribution in [0.15, 0.2) is 10.5 Å². The predicted molar refractivity (Wildman–Crippen MR) is 82.5 cm³/mol. The van der Waals surface area contributed by atoms with Crippen molar-refractivity contribution in [3.05, 3.63) is 34.8 Å². The quantitative estimate of drug-likeness (QED) is 0.888. The molecule has 1 aliphatic rings. The summed E-state index contributed by atoms with van der Waals surface area (Å²) in [5.74, 6) is 3.95. The van der Waals surface area contributed by atoms with Crippen LogP contribution in [0.5, 0.6) is 0 Å². The minimum atomic E-state index is -0.0234. The van der Waals surface area contributed by atoms with E-state index >= 15 is 0 Å². The van der Waals surface area contributed by atoms with Crippen molar-refractivity contribution in [1.82, 2.24) is 20.5 Å². The molecule has 3 rings (SSSR count). The Hall–Kier alpha value is -1.66. The smallest absolute Gasteiger partial charge is 0.179 e. The Morgan fingerprint density at radius 1 is 1.41 bits per heavy atom. The first-order valence-electron chi connectivity index (χ1n) is 7.85. The normalized spacial score (nSPS) is 23.1. The summed E-state index contributed by atoms with van der Waals surface area (Å²) in [5.41, 5.74) is 1.20. The summed E-state index contributed by atoms with van der Waals surface area (Å²) in [6.07, 6.45) is 0.999. The van der Waals surface area contributed by atoms with Crippen molar-refractivity contribution >= 4 is 0 Å². The fourth-order valence-electron chi connectivity index (χ4n) is 2.86. The van der Waals surface area contributed by atoms with Crippen LogP contribution in [0.2, 0.25) is 0 Å². The van der Waals surface area contributed by atoms with Crippen LogP contribution < -0.4 is 5.32 Å². The molecule has 3 atom stereocenters. The molecular formula is C16H24N4O2. The van der Waals surface area contributed by atoms with Gasteiger partial charge in [0.1, 0.15) is 23.4 Å². The molecule has 0 saturated carbocycles. The largest absolute Gasteiger partial charge is 0.464 e. The van der Waals surface area contributed by atoms with Crippen molar-refractivity contribution in [2.24, 2.45) is 5.92 Å². The number of rotatable bonds is 5. The lowest BCUT2D eigenvalue weighted by molar-refractivity contribution is 0.0828. The van der Waals surface area contributed by atoms with Gasteiger partial charge in [0, 0.05) is 19.1 Å². The highest BCUT2D eigenvalue weighted by molar-refractivity contribution is 5.20. The Bertz CT molecular complexity index is 614. The Morgan fingerprint density at radius 3 is 2.86 bits per heavy atom. The molecule has 0 radical (unpaired) electrons. The maximum Gasteiger partial charge on any atom is 0.179 e. The van der Waals surface area contributed by atoms with Crippen molar-refractivity contribution in [2.75, 3.05) is 13.2 Å². The lowest BCUT2D eigenvalue weighted by atomic mass is 10.0. The molecule has 0 spiro atoms. The maximum absolute atomic E-state index is 5.82. The Morgan fingerprint density at radius 2 is 2.23 bits per heavy atom. The number of hydrogen-bond acceptors (Lipinski definition) is 5. The van der Waals surface area contributed by atoms with Gasteiger partial charge in [0.25, 0.3) is 0 Å². The number of aromatic nitrogens is 3. The SMILES string of the molecule is Cc1nc([C@H]2OCC[C@H]2CNC(C)c2cc(C)c(C)o2)n[nH]1. The topological polar surface area (TPSA) is 76.0 Å². The first-order chi connectivity index (χ1) is 10.5. The van der Waals surface area contributed by atoms with Crippen LogP contribution in [-0.4, -0.2) is 28.3 Å². The number of hydrogen-bond donors (Lipinski definition) is 2. The van der Waals surface area contributed by atoms with E-state index in [-0.39, 0.29) is 12.1 Å². The van der Waals surface area contributed by atoms with Gasteiger partial charge in [0.05, 0.1) is 6.04 Å². The number of ether oxygens (including phenoxy) is 1. The van der Waals surface area contributed by atoms with E-state index < -0.39 is 0 Å². The molecule has 120 valence electrons. The van der Waals surface area contributed by atoms with Gasteiger partial charge < -0.3 is 14.5 Å². The molecule has 22 heavy (non-hydrogen) atoms. The van der Waals surface area contributed by atoms with Gasteiger partial charge in [-0.3, -0.25) is 5.10 Å². The molecule has 6 heteroatoms. The van der Waals surface area contributed by atoms with Crippen molar-refractivity contribution in [3.63, 3.8) is 0 Å². The van der Waals surface area contributed by atoms with Gasteiger partial charge in [-0.05, 0) is 45.7 Å². The average Bonchev–Trinajstić information content (AvgIpc) is 3.18. The highest BCUT2D eigenvalue weighted by Gasteiger charge is 2.32. The Balaban J connectivity index is 1.60. The fraction of sp³-hybridized carbons (Fsp3) is 0.625. The molecule has 0 aromatic carbocycles. The van der Waals surface area contributed by atoms with Gasteiger partial charge in [0.15, 0.2) is 5.82 Å². The number of H-pyrrole nitrogens is 1. The van der Waals surface area contributed by atoms with Crippen LogP contribution in [0.1, 0.15) is 54.2 Å². The third kappa shape index (κ3) is 3.08.